The third kappa shape index (κ3) is 1.67. The van der Waals surface area contributed by atoms with Gasteiger partial charge in [-0.05, 0) is 33.6 Å². The zero-order valence-electron chi connectivity index (χ0n) is 6.48. The highest BCUT2D eigenvalue weighted by atomic mass is 79.9. The Bertz CT molecular complexity index is 450. The van der Waals surface area contributed by atoms with E-state index in [0.717, 1.165) is 25.5 Å². The van der Waals surface area contributed by atoms with E-state index in [1.165, 1.54) is 11.3 Å². The normalized spacial score (nSPS) is 11.0. The summed E-state index contributed by atoms with van der Waals surface area (Å²) in [6.07, 6.45) is 0. The molecule has 13 heavy (non-hydrogen) atoms. The lowest BCUT2D eigenvalue weighted by molar-refractivity contribution is 0.658. The van der Waals surface area contributed by atoms with Crippen LogP contribution in [0.15, 0.2) is 22.7 Å². The van der Waals surface area contributed by atoms with Gasteiger partial charge in [-0.2, -0.15) is 4.39 Å². The van der Waals surface area contributed by atoms with E-state index in [1.807, 2.05) is 12.1 Å². The molecule has 0 aliphatic rings. The second-order valence-electron chi connectivity index (χ2n) is 2.63. The summed E-state index contributed by atoms with van der Waals surface area (Å²) >= 11 is 7.96. The minimum atomic E-state index is -0.135. The van der Waals surface area contributed by atoms with Crippen molar-refractivity contribution in [3.8, 4) is 0 Å². The SMILES string of the molecule is Fc1cc2c(CBr)ccc(Br)c2s1. The van der Waals surface area contributed by atoms with Crippen LogP contribution in [0, 0.1) is 5.13 Å². The molecule has 0 spiro atoms. The van der Waals surface area contributed by atoms with Gasteiger partial charge in [0.25, 0.3) is 0 Å². The van der Waals surface area contributed by atoms with Gasteiger partial charge in [-0.1, -0.05) is 22.0 Å². The van der Waals surface area contributed by atoms with Gasteiger partial charge in [-0.3, -0.25) is 0 Å². The number of alkyl halides is 1. The fraction of sp³-hybridized carbons (Fsp3) is 0.111. The van der Waals surface area contributed by atoms with E-state index in [4.69, 9.17) is 0 Å². The first kappa shape index (κ1) is 9.62. The molecule has 2 aromatic rings. The number of thiophene rings is 1. The van der Waals surface area contributed by atoms with E-state index in [0.29, 0.717) is 0 Å². The summed E-state index contributed by atoms with van der Waals surface area (Å²) in [5, 5.41) is 1.62. The zero-order valence-corrected chi connectivity index (χ0v) is 10.5. The first-order valence-electron chi connectivity index (χ1n) is 3.65. The highest BCUT2D eigenvalue weighted by Gasteiger charge is 2.08. The van der Waals surface area contributed by atoms with Crippen molar-refractivity contribution >= 4 is 53.3 Å². The van der Waals surface area contributed by atoms with Crippen molar-refractivity contribution in [2.75, 3.05) is 0 Å². The van der Waals surface area contributed by atoms with Crippen molar-refractivity contribution in [3.05, 3.63) is 33.4 Å². The monoisotopic (exact) mass is 322 g/mol. The maximum Gasteiger partial charge on any atom is 0.177 e. The minimum Gasteiger partial charge on any atom is -0.195 e. The van der Waals surface area contributed by atoms with Crippen molar-refractivity contribution < 1.29 is 4.39 Å². The summed E-state index contributed by atoms with van der Waals surface area (Å²) in [5.74, 6) is 0. The molecule has 68 valence electrons. The largest absolute Gasteiger partial charge is 0.195 e. The molecule has 0 saturated heterocycles. The molecule has 2 rings (SSSR count). The van der Waals surface area contributed by atoms with Gasteiger partial charge in [0.15, 0.2) is 5.13 Å². The van der Waals surface area contributed by atoms with Crippen LogP contribution in [0.1, 0.15) is 5.56 Å². The van der Waals surface area contributed by atoms with Crippen molar-refractivity contribution in [2.24, 2.45) is 0 Å². The lowest BCUT2D eigenvalue weighted by Crippen LogP contribution is -1.77. The molecule has 1 aromatic carbocycles. The molecule has 4 heteroatoms. The van der Waals surface area contributed by atoms with E-state index in [-0.39, 0.29) is 5.13 Å². The van der Waals surface area contributed by atoms with Gasteiger partial charge in [-0.15, -0.1) is 11.3 Å². The summed E-state index contributed by atoms with van der Waals surface area (Å²) < 4.78 is 14.9. The average Bonchev–Trinajstić information content (AvgIpc) is 2.48. The number of hydrogen-bond acceptors (Lipinski definition) is 1. The molecule has 0 atom stereocenters. The maximum atomic E-state index is 13.0. The Morgan fingerprint density at radius 2 is 2.15 bits per heavy atom. The number of benzene rings is 1. The van der Waals surface area contributed by atoms with Crippen LogP contribution < -0.4 is 0 Å². The molecule has 0 N–H and O–H groups in total. The molecule has 0 saturated carbocycles. The lowest BCUT2D eigenvalue weighted by Gasteiger charge is -1.98. The fourth-order valence-corrected chi connectivity index (χ4v) is 3.15. The third-order valence-electron chi connectivity index (χ3n) is 1.84. The predicted octanol–water partition coefficient (Wildman–Crippen LogP) is 4.70. The molecule has 0 nitrogen and oxygen atoms in total. The molecule has 0 amide bonds. The third-order valence-corrected chi connectivity index (χ3v) is 4.32. The Kier molecular flexibility index (Phi) is 2.72. The van der Waals surface area contributed by atoms with E-state index >= 15 is 0 Å². The molecule has 0 aliphatic carbocycles. The topological polar surface area (TPSA) is 0 Å². The van der Waals surface area contributed by atoms with Crippen LogP contribution in [0.3, 0.4) is 0 Å². The summed E-state index contributed by atoms with van der Waals surface area (Å²) in [5.41, 5.74) is 1.12. The summed E-state index contributed by atoms with van der Waals surface area (Å²) in [4.78, 5) is 0. The van der Waals surface area contributed by atoms with Crippen LogP contribution in [0.2, 0.25) is 0 Å². The Hall–Kier alpha value is 0.0700. The second-order valence-corrected chi connectivity index (χ2v) is 5.05. The van der Waals surface area contributed by atoms with Gasteiger partial charge < -0.3 is 0 Å². The molecule has 1 aromatic heterocycles. The molecule has 0 fully saturated rings. The number of fused-ring (bicyclic) bond motifs is 1. The van der Waals surface area contributed by atoms with Crippen LogP contribution in [-0.4, -0.2) is 0 Å². The van der Waals surface area contributed by atoms with Crippen molar-refractivity contribution in [2.45, 2.75) is 5.33 Å². The lowest BCUT2D eigenvalue weighted by atomic mass is 10.2. The Balaban J connectivity index is 2.83. The number of rotatable bonds is 1. The Morgan fingerprint density at radius 3 is 2.85 bits per heavy atom. The van der Waals surface area contributed by atoms with Gasteiger partial charge in [-0.25, -0.2) is 0 Å². The van der Waals surface area contributed by atoms with Crippen molar-refractivity contribution in [3.63, 3.8) is 0 Å². The number of halogens is 3. The highest BCUT2D eigenvalue weighted by molar-refractivity contribution is 9.10. The Labute approximate surface area is 96.0 Å². The first-order chi connectivity index (χ1) is 6.22. The molecule has 0 unspecified atom stereocenters. The van der Waals surface area contributed by atoms with Crippen LogP contribution in [0.5, 0.6) is 0 Å². The quantitative estimate of drug-likeness (QED) is 0.667. The van der Waals surface area contributed by atoms with Gasteiger partial charge in [0.2, 0.25) is 0 Å². The zero-order chi connectivity index (χ0) is 9.42. The van der Waals surface area contributed by atoms with Gasteiger partial charge in [0.1, 0.15) is 0 Å². The van der Waals surface area contributed by atoms with E-state index in [9.17, 15) is 4.39 Å². The standard InChI is InChI=1S/C9H5Br2FS/c10-4-5-1-2-7(11)9-6(5)3-8(12)13-9/h1-3H,4H2. The predicted molar refractivity (Wildman–Crippen MR) is 62.1 cm³/mol. The van der Waals surface area contributed by atoms with E-state index in [1.54, 1.807) is 6.07 Å². The van der Waals surface area contributed by atoms with Crippen molar-refractivity contribution in [1.29, 1.82) is 0 Å². The average molecular weight is 324 g/mol. The molecule has 1 heterocycles. The van der Waals surface area contributed by atoms with Gasteiger partial charge >= 0.3 is 0 Å². The molecule has 0 bridgehead atoms. The summed E-state index contributed by atoms with van der Waals surface area (Å²) in [6.45, 7) is 0. The first-order valence-corrected chi connectivity index (χ1v) is 6.38. The van der Waals surface area contributed by atoms with Crippen LogP contribution in [-0.2, 0) is 5.33 Å². The molecule has 0 radical (unpaired) electrons. The number of hydrogen-bond donors (Lipinski definition) is 0. The Morgan fingerprint density at radius 1 is 1.38 bits per heavy atom. The maximum absolute atomic E-state index is 13.0. The van der Waals surface area contributed by atoms with Crippen LogP contribution in [0.25, 0.3) is 10.1 Å². The smallest absolute Gasteiger partial charge is 0.177 e. The van der Waals surface area contributed by atoms with Crippen molar-refractivity contribution in [1.82, 2.24) is 0 Å². The van der Waals surface area contributed by atoms with E-state index < -0.39 is 0 Å². The van der Waals surface area contributed by atoms with Crippen LogP contribution in [0.4, 0.5) is 4.39 Å². The molecule has 0 aliphatic heterocycles. The molecular weight excluding hydrogens is 319 g/mol. The van der Waals surface area contributed by atoms with Crippen LogP contribution >= 0.6 is 43.2 Å². The van der Waals surface area contributed by atoms with E-state index in [2.05, 4.69) is 31.9 Å². The highest BCUT2D eigenvalue weighted by Crippen LogP contribution is 2.34. The van der Waals surface area contributed by atoms with Gasteiger partial charge in [0.05, 0.1) is 4.70 Å². The summed E-state index contributed by atoms with van der Waals surface area (Å²) in [6, 6.07) is 5.53. The van der Waals surface area contributed by atoms with Gasteiger partial charge in [0, 0.05) is 15.2 Å². The fourth-order valence-electron chi connectivity index (χ4n) is 1.23. The summed E-state index contributed by atoms with van der Waals surface area (Å²) in [7, 11) is 0. The minimum absolute atomic E-state index is 0.135. The second kappa shape index (κ2) is 3.67. The molecular formula is C9H5Br2FS.